The Labute approximate surface area is 188 Å². The molecule has 2 aromatic rings. The highest BCUT2D eigenvalue weighted by Crippen LogP contribution is 2.29. The van der Waals surface area contributed by atoms with Gasteiger partial charge in [0.05, 0.1) is 11.4 Å². The van der Waals surface area contributed by atoms with Crippen molar-refractivity contribution in [2.24, 2.45) is 0 Å². The lowest BCUT2D eigenvalue weighted by molar-refractivity contribution is 0.0948. The molecular formula is C26H28N2O4. The summed E-state index contributed by atoms with van der Waals surface area (Å²) >= 11 is 0. The standard InChI is InChI=1S/C26H28N2O4/c29-25(31-19-21-11-3-1-4-12-21)27-17-9-7-15-23(27)24-16-8-10-18-28(24)26(30)32-20-22-13-5-2-6-14-22/h1-6,11-16H,7-10,17-20H2. The van der Waals surface area contributed by atoms with Gasteiger partial charge in [0.25, 0.3) is 0 Å². The van der Waals surface area contributed by atoms with Crippen molar-refractivity contribution in [1.82, 2.24) is 9.80 Å². The first-order valence-electron chi connectivity index (χ1n) is 11.1. The van der Waals surface area contributed by atoms with E-state index in [9.17, 15) is 9.59 Å². The molecule has 0 atom stereocenters. The molecule has 2 aliphatic heterocycles. The highest BCUT2D eigenvalue weighted by atomic mass is 16.6. The lowest BCUT2D eigenvalue weighted by Crippen LogP contribution is -2.41. The smallest absolute Gasteiger partial charge is 0.414 e. The van der Waals surface area contributed by atoms with Crippen LogP contribution in [-0.2, 0) is 22.7 Å². The molecule has 0 spiro atoms. The number of ether oxygens (including phenoxy) is 2. The van der Waals surface area contributed by atoms with Crippen molar-refractivity contribution in [3.05, 3.63) is 95.3 Å². The maximum absolute atomic E-state index is 12.9. The van der Waals surface area contributed by atoms with E-state index in [1.54, 1.807) is 9.80 Å². The minimum atomic E-state index is -0.399. The van der Waals surface area contributed by atoms with Crippen molar-refractivity contribution in [1.29, 1.82) is 0 Å². The van der Waals surface area contributed by atoms with E-state index in [1.165, 1.54) is 0 Å². The van der Waals surface area contributed by atoms with Crippen LogP contribution in [0.1, 0.15) is 36.8 Å². The average Bonchev–Trinajstić information content (AvgIpc) is 2.87. The summed E-state index contributed by atoms with van der Waals surface area (Å²) in [4.78, 5) is 29.1. The van der Waals surface area contributed by atoms with Crippen molar-refractivity contribution in [3.63, 3.8) is 0 Å². The molecule has 0 saturated heterocycles. The predicted molar refractivity (Wildman–Crippen MR) is 121 cm³/mol. The number of hydrogen-bond acceptors (Lipinski definition) is 4. The SMILES string of the molecule is O=C(OCc1ccccc1)N1CCCC=C1C1=CCCCN1C(=O)OCc1ccccc1. The minimum absolute atomic E-state index is 0.214. The number of hydrogen-bond donors (Lipinski definition) is 0. The molecule has 6 nitrogen and oxygen atoms in total. The number of rotatable bonds is 5. The zero-order chi connectivity index (χ0) is 22.2. The molecular weight excluding hydrogens is 404 g/mol. The minimum Gasteiger partial charge on any atom is -0.444 e. The highest BCUT2D eigenvalue weighted by Gasteiger charge is 2.31. The number of allylic oxidation sites excluding steroid dienone is 2. The maximum Gasteiger partial charge on any atom is 0.414 e. The molecule has 0 aliphatic carbocycles. The molecule has 0 N–H and O–H groups in total. The van der Waals surface area contributed by atoms with Crippen LogP contribution >= 0.6 is 0 Å². The number of carbonyl (C=O) groups is 2. The largest absolute Gasteiger partial charge is 0.444 e. The molecule has 0 saturated carbocycles. The molecule has 166 valence electrons. The molecule has 2 amide bonds. The first kappa shape index (κ1) is 21.7. The third-order valence-corrected chi connectivity index (χ3v) is 5.54. The summed E-state index contributed by atoms with van der Waals surface area (Å²) in [5, 5.41) is 0. The Morgan fingerprint density at radius 1 is 0.656 bits per heavy atom. The van der Waals surface area contributed by atoms with Crippen LogP contribution in [0.5, 0.6) is 0 Å². The lowest BCUT2D eigenvalue weighted by atomic mass is 10.0. The van der Waals surface area contributed by atoms with E-state index >= 15 is 0 Å². The van der Waals surface area contributed by atoms with Crippen molar-refractivity contribution >= 4 is 12.2 Å². The van der Waals surface area contributed by atoms with Crippen molar-refractivity contribution in [2.45, 2.75) is 38.9 Å². The fraction of sp³-hybridized carbons (Fsp3) is 0.308. The van der Waals surface area contributed by atoms with Crippen LogP contribution in [0, 0.1) is 0 Å². The zero-order valence-corrected chi connectivity index (χ0v) is 18.1. The Balaban J connectivity index is 1.44. The van der Waals surface area contributed by atoms with E-state index in [2.05, 4.69) is 0 Å². The Kier molecular flexibility index (Phi) is 7.23. The lowest BCUT2D eigenvalue weighted by Gasteiger charge is -2.35. The maximum atomic E-state index is 12.9. The average molecular weight is 433 g/mol. The van der Waals surface area contributed by atoms with Gasteiger partial charge in [0.1, 0.15) is 13.2 Å². The summed E-state index contributed by atoms with van der Waals surface area (Å²) in [6, 6.07) is 19.2. The second kappa shape index (κ2) is 10.7. The first-order valence-corrected chi connectivity index (χ1v) is 11.1. The summed E-state index contributed by atoms with van der Waals surface area (Å²) in [5.41, 5.74) is 3.33. The number of amides is 2. The van der Waals surface area contributed by atoms with Crippen molar-refractivity contribution < 1.29 is 19.1 Å². The molecule has 4 rings (SSSR count). The van der Waals surface area contributed by atoms with Gasteiger partial charge in [-0.05, 0) is 36.8 Å². The van der Waals surface area contributed by atoms with E-state index in [-0.39, 0.29) is 13.2 Å². The molecule has 0 aromatic heterocycles. The van der Waals surface area contributed by atoms with Gasteiger partial charge < -0.3 is 9.47 Å². The van der Waals surface area contributed by atoms with Gasteiger partial charge in [0.2, 0.25) is 0 Å². The fourth-order valence-electron chi connectivity index (χ4n) is 3.90. The van der Waals surface area contributed by atoms with Gasteiger partial charge in [0, 0.05) is 13.1 Å². The van der Waals surface area contributed by atoms with E-state index in [0.717, 1.165) is 48.2 Å². The van der Waals surface area contributed by atoms with Gasteiger partial charge in [-0.1, -0.05) is 72.8 Å². The molecule has 32 heavy (non-hydrogen) atoms. The van der Waals surface area contributed by atoms with Crippen molar-refractivity contribution in [2.75, 3.05) is 13.1 Å². The molecule has 2 heterocycles. The topological polar surface area (TPSA) is 59.1 Å². The van der Waals surface area contributed by atoms with Crippen LogP contribution in [0.4, 0.5) is 9.59 Å². The summed E-state index contributed by atoms with van der Waals surface area (Å²) in [6.45, 7) is 1.55. The molecule has 0 unspecified atom stereocenters. The summed E-state index contributed by atoms with van der Waals surface area (Å²) < 4.78 is 11.1. The number of nitrogens with zero attached hydrogens (tertiary/aromatic N) is 2. The third-order valence-electron chi connectivity index (χ3n) is 5.54. The molecule has 0 fully saturated rings. The third kappa shape index (κ3) is 5.38. The van der Waals surface area contributed by atoms with Crippen LogP contribution < -0.4 is 0 Å². The van der Waals surface area contributed by atoms with E-state index in [0.29, 0.717) is 13.1 Å². The second-order valence-electron chi connectivity index (χ2n) is 7.85. The quantitative estimate of drug-likeness (QED) is 0.615. The number of carbonyl (C=O) groups excluding carboxylic acids is 2. The monoisotopic (exact) mass is 432 g/mol. The summed E-state index contributed by atoms with van der Waals surface area (Å²) in [6.07, 6.45) is 6.65. The van der Waals surface area contributed by atoms with Crippen LogP contribution in [0.15, 0.2) is 84.2 Å². The first-order chi connectivity index (χ1) is 15.7. The second-order valence-corrected chi connectivity index (χ2v) is 7.85. The van der Waals surface area contributed by atoms with Gasteiger partial charge in [-0.15, -0.1) is 0 Å². The number of benzene rings is 2. The summed E-state index contributed by atoms with van der Waals surface area (Å²) in [5.74, 6) is 0. The van der Waals surface area contributed by atoms with Crippen LogP contribution in [0.2, 0.25) is 0 Å². The molecule has 6 heteroatoms. The highest BCUT2D eigenvalue weighted by molar-refractivity contribution is 5.75. The van der Waals surface area contributed by atoms with Gasteiger partial charge in [-0.2, -0.15) is 0 Å². The van der Waals surface area contributed by atoms with Gasteiger partial charge in [-0.25, -0.2) is 9.59 Å². The van der Waals surface area contributed by atoms with Gasteiger partial charge in [-0.3, -0.25) is 9.80 Å². The fourth-order valence-corrected chi connectivity index (χ4v) is 3.90. The van der Waals surface area contributed by atoms with Crippen LogP contribution in [-0.4, -0.2) is 35.1 Å². The summed E-state index contributed by atoms with van der Waals surface area (Å²) in [7, 11) is 0. The normalized spacial score (nSPS) is 16.1. The van der Waals surface area contributed by atoms with E-state index < -0.39 is 12.2 Å². The van der Waals surface area contributed by atoms with Crippen LogP contribution in [0.3, 0.4) is 0 Å². The predicted octanol–water partition coefficient (Wildman–Crippen LogP) is 5.62. The molecule has 2 aliphatic rings. The Hall–Kier alpha value is -3.54. The van der Waals surface area contributed by atoms with Crippen LogP contribution in [0.25, 0.3) is 0 Å². The molecule has 2 aromatic carbocycles. The molecule has 0 bridgehead atoms. The van der Waals surface area contributed by atoms with Crippen molar-refractivity contribution in [3.8, 4) is 0 Å². The van der Waals surface area contributed by atoms with E-state index in [4.69, 9.17) is 9.47 Å². The van der Waals surface area contributed by atoms with Gasteiger partial charge in [0.15, 0.2) is 0 Å². The Bertz CT molecular complexity index is 904. The Morgan fingerprint density at radius 3 is 1.47 bits per heavy atom. The zero-order valence-electron chi connectivity index (χ0n) is 18.1. The van der Waals surface area contributed by atoms with Gasteiger partial charge >= 0.3 is 12.2 Å². The Morgan fingerprint density at radius 2 is 1.06 bits per heavy atom. The molecule has 0 radical (unpaired) electrons. The van der Waals surface area contributed by atoms with E-state index in [1.807, 2.05) is 72.8 Å².